The highest BCUT2D eigenvalue weighted by atomic mass is 79.9. The van der Waals surface area contributed by atoms with Crippen molar-refractivity contribution in [2.75, 3.05) is 6.61 Å². The lowest BCUT2D eigenvalue weighted by molar-refractivity contribution is -0.123. The van der Waals surface area contributed by atoms with Crippen LogP contribution in [0.25, 0.3) is 0 Å². The molecule has 0 fully saturated rings. The highest BCUT2D eigenvalue weighted by molar-refractivity contribution is 9.10. The maximum absolute atomic E-state index is 12.0. The van der Waals surface area contributed by atoms with Gasteiger partial charge in [0, 0.05) is 5.56 Å². The Labute approximate surface area is 188 Å². The summed E-state index contributed by atoms with van der Waals surface area (Å²) in [5.74, 6) is 0.188. The van der Waals surface area contributed by atoms with Crippen LogP contribution in [0.5, 0.6) is 11.5 Å². The minimum Gasteiger partial charge on any atom is -0.507 e. The molecule has 1 amide bonds. The van der Waals surface area contributed by atoms with Gasteiger partial charge in [0.05, 0.1) is 22.1 Å². The summed E-state index contributed by atoms with van der Waals surface area (Å²) in [6.45, 7) is 3.70. The fraction of sp³-hybridized carbons (Fsp3) is 0.130. The number of nitrogens with zero attached hydrogens (tertiary/aromatic N) is 3. The monoisotopic (exact) mass is 480 g/mol. The Morgan fingerprint density at radius 2 is 1.81 bits per heavy atom. The summed E-state index contributed by atoms with van der Waals surface area (Å²) in [5, 5.41) is 22.2. The summed E-state index contributed by atoms with van der Waals surface area (Å²) in [6, 6.07) is 17.9. The third-order valence-corrected chi connectivity index (χ3v) is 4.75. The molecule has 0 unspecified atom stereocenters. The van der Waals surface area contributed by atoms with Crippen molar-refractivity contribution < 1.29 is 14.6 Å². The second-order valence-electron chi connectivity index (χ2n) is 6.75. The molecule has 2 N–H and O–H groups in total. The van der Waals surface area contributed by atoms with Gasteiger partial charge in [0.15, 0.2) is 6.61 Å². The minimum atomic E-state index is -0.428. The zero-order chi connectivity index (χ0) is 22.2. The van der Waals surface area contributed by atoms with E-state index in [1.165, 1.54) is 12.3 Å². The minimum absolute atomic E-state index is 0.00659. The number of amides is 1. The van der Waals surface area contributed by atoms with Gasteiger partial charge in [-0.15, -0.1) is 0 Å². The third kappa shape index (κ3) is 6.48. The van der Waals surface area contributed by atoms with Gasteiger partial charge < -0.3 is 9.84 Å². The fourth-order valence-electron chi connectivity index (χ4n) is 2.75. The number of benzene rings is 3. The van der Waals surface area contributed by atoms with Crippen LogP contribution in [0.15, 0.2) is 80.5 Å². The van der Waals surface area contributed by atoms with Gasteiger partial charge in [-0.2, -0.15) is 15.3 Å². The summed E-state index contributed by atoms with van der Waals surface area (Å²) >= 11 is 3.44. The average Bonchev–Trinajstić information content (AvgIpc) is 2.74. The molecule has 0 bridgehead atoms. The number of hydrogen-bond acceptors (Lipinski definition) is 6. The fourth-order valence-corrected chi connectivity index (χ4v) is 3.54. The van der Waals surface area contributed by atoms with Gasteiger partial charge in [0.1, 0.15) is 11.5 Å². The number of carbonyl (C=O) groups is 1. The Hall–Kier alpha value is -3.52. The van der Waals surface area contributed by atoms with Crippen LogP contribution in [0, 0.1) is 13.8 Å². The van der Waals surface area contributed by atoms with E-state index in [0.29, 0.717) is 22.7 Å². The predicted octanol–water partition coefficient (Wildman–Crippen LogP) is 5.72. The third-order valence-electron chi connectivity index (χ3n) is 4.16. The van der Waals surface area contributed by atoms with Crippen molar-refractivity contribution in [2.45, 2.75) is 13.8 Å². The number of carbonyl (C=O) groups excluding carboxylic acids is 1. The quantitative estimate of drug-likeness (QED) is 0.257. The number of phenolic OH excluding ortho intramolecular Hbond substituents is 1. The van der Waals surface area contributed by atoms with Crippen molar-refractivity contribution in [3.8, 4) is 11.5 Å². The molecule has 31 heavy (non-hydrogen) atoms. The van der Waals surface area contributed by atoms with Gasteiger partial charge in [-0.25, -0.2) is 5.43 Å². The molecule has 0 saturated carbocycles. The van der Waals surface area contributed by atoms with Crippen LogP contribution >= 0.6 is 15.9 Å². The van der Waals surface area contributed by atoms with Gasteiger partial charge in [0.2, 0.25) is 0 Å². The molecule has 0 aromatic heterocycles. The summed E-state index contributed by atoms with van der Waals surface area (Å²) in [5.41, 5.74) is 6.05. The van der Waals surface area contributed by atoms with E-state index in [1.807, 2.05) is 56.3 Å². The predicted molar refractivity (Wildman–Crippen MR) is 124 cm³/mol. The van der Waals surface area contributed by atoms with Crippen LogP contribution in [0.1, 0.15) is 16.7 Å². The summed E-state index contributed by atoms with van der Waals surface area (Å²) in [6.07, 6.45) is 1.34. The maximum atomic E-state index is 12.0. The largest absolute Gasteiger partial charge is 0.507 e. The molecule has 0 aliphatic rings. The van der Waals surface area contributed by atoms with Gasteiger partial charge in [-0.1, -0.05) is 24.3 Å². The lowest BCUT2D eigenvalue weighted by atomic mass is 10.1. The van der Waals surface area contributed by atoms with Gasteiger partial charge >= 0.3 is 0 Å². The van der Waals surface area contributed by atoms with E-state index in [4.69, 9.17) is 4.74 Å². The van der Waals surface area contributed by atoms with Crippen molar-refractivity contribution in [3.05, 3.63) is 81.8 Å². The summed E-state index contributed by atoms with van der Waals surface area (Å²) < 4.78 is 6.38. The highest BCUT2D eigenvalue weighted by Gasteiger charge is 2.09. The van der Waals surface area contributed by atoms with Gasteiger partial charge in [0.25, 0.3) is 5.91 Å². The molecule has 0 spiro atoms. The molecule has 3 rings (SSSR count). The zero-order valence-corrected chi connectivity index (χ0v) is 18.6. The van der Waals surface area contributed by atoms with Crippen LogP contribution in [0.3, 0.4) is 0 Å². The molecule has 8 heteroatoms. The number of hydrogen-bond donors (Lipinski definition) is 2. The van der Waals surface area contributed by atoms with Crippen molar-refractivity contribution >= 4 is 39.4 Å². The Morgan fingerprint density at radius 1 is 1.06 bits per heavy atom. The smallest absolute Gasteiger partial charge is 0.277 e. The lowest BCUT2D eigenvalue weighted by Crippen LogP contribution is -2.24. The number of nitrogens with one attached hydrogen (secondary N) is 1. The van der Waals surface area contributed by atoms with Crippen molar-refractivity contribution in [1.29, 1.82) is 0 Å². The number of aromatic hydroxyl groups is 1. The first-order valence-electron chi connectivity index (χ1n) is 9.43. The number of rotatable bonds is 7. The van der Waals surface area contributed by atoms with E-state index < -0.39 is 5.91 Å². The molecular weight excluding hydrogens is 460 g/mol. The van der Waals surface area contributed by atoms with Gasteiger partial charge in [-0.3, -0.25) is 4.79 Å². The molecule has 158 valence electrons. The Morgan fingerprint density at radius 3 is 2.55 bits per heavy atom. The molecular formula is C23H21BrN4O3. The maximum Gasteiger partial charge on any atom is 0.277 e. The van der Waals surface area contributed by atoms with Crippen LogP contribution in [-0.2, 0) is 4.79 Å². The molecule has 3 aromatic rings. The lowest BCUT2D eigenvalue weighted by Gasteiger charge is -2.11. The van der Waals surface area contributed by atoms with E-state index in [-0.39, 0.29) is 12.4 Å². The first-order chi connectivity index (χ1) is 14.9. The second kappa shape index (κ2) is 10.5. The van der Waals surface area contributed by atoms with Crippen molar-refractivity contribution in [2.24, 2.45) is 15.3 Å². The molecule has 0 radical (unpaired) electrons. The summed E-state index contributed by atoms with van der Waals surface area (Å²) in [7, 11) is 0. The number of azo groups is 1. The van der Waals surface area contributed by atoms with E-state index in [2.05, 4.69) is 36.7 Å². The van der Waals surface area contributed by atoms with Crippen molar-refractivity contribution in [3.63, 3.8) is 0 Å². The van der Waals surface area contributed by atoms with Crippen molar-refractivity contribution in [1.82, 2.24) is 5.43 Å². The molecule has 0 atom stereocenters. The molecule has 3 aromatic carbocycles. The van der Waals surface area contributed by atoms with Crippen LogP contribution in [-0.4, -0.2) is 23.8 Å². The zero-order valence-electron chi connectivity index (χ0n) is 17.0. The van der Waals surface area contributed by atoms with Crippen LogP contribution < -0.4 is 10.2 Å². The van der Waals surface area contributed by atoms with E-state index in [0.717, 1.165) is 15.6 Å². The first kappa shape index (κ1) is 22.2. The van der Waals surface area contributed by atoms with Gasteiger partial charge in [-0.05, 0) is 77.3 Å². The van der Waals surface area contributed by atoms with E-state index >= 15 is 0 Å². The molecule has 0 heterocycles. The number of aryl methyl sites for hydroxylation is 2. The molecule has 0 saturated heterocycles. The number of phenols is 1. The number of hydrazone groups is 1. The number of ether oxygens (including phenoxy) is 1. The van der Waals surface area contributed by atoms with E-state index in [1.54, 1.807) is 12.1 Å². The Balaban J connectivity index is 1.59. The Bertz CT molecular complexity index is 1110. The number of halogens is 1. The van der Waals surface area contributed by atoms with E-state index in [9.17, 15) is 9.90 Å². The Kier molecular flexibility index (Phi) is 7.50. The molecule has 0 aliphatic heterocycles. The summed E-state index contributed by atoms with van der Waals surface area (Å²) in [4.78, 5) is 12.0. The normalized spacial score (nSPS) is 11.2. The second-order valence-corrected chi connectivity index (χ2v) is 7.61. The highest BCUT2D eigenvalue weighted by Crippen LogP contribution is 2.30. The molecule has 7 nitrogen and oxygen atoms in total. The SMILES string of the molecule is Cc1cc(C)c(OCC(=O)N/N=C/c2cc(N=Nc3ccccc3)ccc2O)c(Br)c1. The standard InChI is InChI=1S/C23H21BrN4O3/c1-15-10-16(2)23(20(24)11-15)31-14-22(30)28-25-13-17-12-19(8-9-21(17)29)27-26-18-6-4-3-5-7-18/h3-13,29H,14H2,1-2H3,(H,28,30)/b25-13+,27-26?. The topological polar surface area (TPSA) is 95.6 Å². The van der Waals surface area contributed by atoms with Crippen LogP contribution in [0.4, 0.5) is 11.4 Å². The first-order valence-corrected chi connectivity index (χ1v) is 10.2. The van der Waals surface area contributed by atoms with Crippen LogP contribution in [0.2, 0.25) is 0 Å². The molecule has 0 aliphatic carbocycles. The average molecular weight is 481 g/mol.